The van der Waals surface area contributed by atoms with Crippen molar-refractivity contribution < 1.29 is 0 Å². The molecular weight excluding hydrogens is 675 g/mol. The number of hydrogen-bond donors (Lipinski definition) is 0. The van der Waals surface area contributed by atoms with Gasteiger partial charge >= 0.3 is 0 Å². The second-order valence-electron chi connectivity index (χ2n) is 18.1. The van der Waals surface area contributed by atoms with Gasteiger partial charge < -0.3 is 4.90 Å². The van der Waals surface area contributed by atoms with Crippen LogP contribution in [0.4, 0.5) is 17.1 Å². The lowest BCUT2D eigenvalue weighted by Crippen LogP contribution is -2.55. The van der Waals surface area contributed by atoms with Crippen molar-refractivity contribution in [1.82, 2.24) is 0 Å². The van der Waals surface area contributed by atoms with Crippen molar-refractivity contribution in [3.8, 4) is 44.5 Å². The molecule has 4 bridgehead atoms. The van der Waals surface area contributed by atoms with Crippen molar-refractivity contribution >= 4 is 17.1 Å². The van der Waals surface area contributed by atoms with Crippen LogP contribution in [-0.4, -0.2) is 0 Å². The summed E-state index contributed by atoms with van der Waals surface area (Å²) in [5.41, 5.74) is 20.4. The van der Waals surface area contributed by atoms with Gasteiger partial charge in [-0.25, -0.2) is 0 Å². The second-order valence-corrected chi connectivity index (χ2v) is 18.1. The van der Waals surface area contributed by atoms with Gasteiger partial charge in [-0.05, 0) is 153 Å². The molecule has 0 saturated heterocycles. The summed E-state index contributed by atoms with van der Waals surface area (Å²) in [5, 5.41) is 0. The number of fused-ring (bicyclic) bond motifs is 6. The highest BCUT2D eigenvalue weighted by Crippen LogP contribution is 2.70. The standard InChI is InChI=1S/C55H47N/c1-54(2)48-17-10-9-16-45(48)53-51(54)18-11-19-52(53)56(43-23-20-39(21-24-43)37-12-5-3-6-13-37)44-25-27-50-47(34-44)46-33-40(38-14-7-4-8-15-38)22-26-49(46)55(50)41-29-35-28-36(31-41)32-42(55)30-35/h3-27,33-36,41-42H,28-32H2,1-2H3. The van der Waals surface area contributed by atoms with Crippen molar-refractivity contribution in [3.05, 3.63) is 186 Å². The number of anilines is 3. The van der Waals surface area contributed by atoms with Crippen molar-refractivity contribution in [3.63, 3.8) is 0 Å². The van der Waals surface area contributed by atoms with E-state index in [1.54, 1.807) is 11.1 Å². The fourth-order valence-electron chi connectivity index (χ4n) is 12.9. The Bertz CT molecular complexity index is 2640. The number of nitrogens with zero attached hydrogens (tertiary/aromatic N) is 1. The highest BCUT2D eigenvalue weighted by molar-refractivity contribution is 5.96. The van der Waals surface area contributed by atoms with Crippen LogP contribution in [0.15, 0.2) is 164 Å². The molecule has 0 radical (unpaired) electrons. The summed E-state index contributed by atoms with van der Waals surface area (Å²) in [5.74, 6) is 3.29. The summed E-state index contributed by atoms with van der Waals surface area (Å²) in [6, 6.07) is 62.3. The molecule has 4 fully saturated rings. The first-order valence-corrected chi connectivity index (χ1v) is 21.0. The molecule has 4 saturated carbocycles. The number of benzene rings is 7. The van der Waals surface area contributed by atoms with Gasteiger partial charge in [-0.15, -0.1) is 0 Å². The molecule has 56 heavy (non-hydrogen) atoms. The van der Waals surface area contributed by atoms with E-state index in [0.717, 1.165) is 23.7 Å². The van der Waals surface area contributed by atoms with Crippen molar-refractivity contribution in [2.45, 2.75) is 56.8 Å². The van der Waals surface area contributed by atoms with Gasteiger partial charge in [-0.1, -0.05) is 141 Å². The Morgan fingerprint density at radius 1 is 0.411 bits per heavy atom. The molecule has 0 atom stereocenters. The fraction of sp³-hybridized carbons (Fsp3) is 0.236. The SMILES string of the molecule is CC1(C)c2ccccc2-c2c(N(c3ccc(-c4ccccc4)cc3)c3ccc4c(c3)-c3cc(-c5ccccc5)ccc3C43C4CC5CC(C4)CC3C5)cccc21. The third kappa shape index (κ3) is 4.49. The average Bonchev–Trinajstić information content (AvgIpc) is 3.66. The second kappa shape index (κ2) is 11.9. The van der Waals surface area contributed by atoms with E-state index in [1.165, 1.54) is 105 Å². The lowest BCUT2D eigenvalue weighted by Gasteiger charge is -2.61. The summed E-state index contributed by atoms with van der Waals surface area (Å²) >= 11 is 0. The minimum Gasteiger partial charge on any atom is -0.310 e. The van der Waals surface area contributed by atoms with E-state index in [1.807, 2.05) is 0 Å². The molecule has 7 aromatic rings. The number of hydrogen-bond acceptors (Lipinski definition) is 1. The summed E-state index contributed by atoms with van der Waals surface area (Å²) in [6.45, 7) is 4.78. The molecule has 1 heteroatoms. The van der Waals surface area contributed by atoms with Gasteiger partial charge in [0, 0.05) is 27.8 Å². The van der Waals surface area contributed by atoms with Gasteiger partial charge in [0.15, 0.2) is 0 Å². The fourth-order valence-corrected chi connectivity index (χ4v) is 12.9. The van der Waals surface area contributed by atoms with Gasteiger partial charge in [0.2, 0.25) is 0 Å². The minimum atomic E-state index is -0.0820. The van der Waals surface area contributed by atoms with E-state index in [0.29, 0.717) is 0 Å². The lowest BCUT2D eigenvalue weighted by atomic mass is 9.43. The van der Waals surface area contributed by atoms with E-state index in [9.17, 15) is 0 Å². The molecule has 0 aliphatic heterocycles. The molecule has 1 nitrogen and oxygen atoms in total. The predicted octanol–water partition coefficient (Wildman–Crippen LogP) is 14.5. The highest BCUT2D eigenvalue weighted by atomic mass is 15.1. The van der Waals surface area contributed by atoms with Crippen LogP contribution in [0.5, 0.6) is 0 Å². The highest BCUT2D eigenvalue weighted by Gasteiger charge is 2.61. The molecule has 13 rings (SSSR count). The molecule has 0 heterocycles. The van der Waals surface area contributed by atoms with Crippen LogP contribution in [0.1, 0.15) is 68.2 Å². The summed E-state index contributed by atoms with van der Waals surface area (Å²) < 4.78 is 0. The molecule has 272 valence electrons. The molecule has 7 aromatic carbocycles. The molecule has 0 N–H and O–H groups in total. The summed E-state index contributed by atoms with van der Waals surface area (Å²) in [6.07, 6.45) is 7.02. The van der Waals surface area contributed by atoms with E-state index in [2.05, 4.69) is 183 Å². The van der Waals surface area contributed by atoms with Crippen LogP contribution < -0.4 is 4.90 Å². The summed E-state index contributed by atoms with van der Waals surface area (Å²) in [4.78, 5) is 2.56. The molecule has 6 aliphatic carbocycles. The van der Waals surface area contributed by atoms with Gasteiger partial charge in [-0.3, -0.25) is 0 Å². The van der Waals surface area contributed by atoms with E-state index >= 15 is 0 Å². The maximum absolute atomic E-state index is 2.58. The van der Waals surface area contributed by atoms with Crippen LogP contribution >= 0.6 is 0 Å². The third-order valence-corrected chi connectivity index (χ3v) is 15.1. The average molecular weight is 722 g/mol. The van der Waals surface area contributed by atoms with Crippen molar-refractivity contribution in [2.24, 2.45) is 23.7 Å². The van der Waals surface area contributed by atoms with E-state index < -0.39 is 0 Å². The Hall–Kier alpha value is -5.66. The van der Waals surface area contributed by atoms with Gasteiger partial charge in [0.1, 0.15) is 0 Å². The van der Waals surface area contributed by atoms with Crippen LogP contribution in [0.2, 0.25) is 0 Å². The first-order chi connectivity index (χ1) is 27.5. The largest absolute Gasteiger partial charge is 0.310 e. The van der Waals surface area contributed by atoms with Gasteiger partial charge in [0.25, 0.3) is 0 Å². The Morgan fingerprint density at radius 2 is 0.946 bits per heavy atom. The molecule has 6 aliphatic rings. The van der Waals surface area contributed by atoms with Crippen LogP contribution in [0.25, 0.3) is 44.5 Å². The van der Waals surface area contributed by atoms with Crippen molar-refractivity contribution in [2.75, 3.05) is 4.90 Å². The first kappa shape index (κ1) is 32.6. The zero-order valence-electron chi connectivity index (χ0n) is 32.4. The zero-order valence-corrected chi connectivity index (χ0v) is 32.4. The monoisotopic (exact) mass is 721 g/mol. The smallest absolute Gasteiger partial charge is 0.0543 e. The third-order valence-electron chi connectivity index (χ3n) is 15.1. The van der Waals surface area contributed by atoms with Crippen LogP contribution in [0, 0.1) is 23.7 Å². The van der Waals surface area contributed by atoms with Crippen LogP contribution in [-0.2, 0) is 10.8 Å². The Kier molecular flexibility index (Phi) is 6.93. The molecule has 0 unspecified atom stereocenters. The molecule has 0 aromatic heterocycles. The van der Waals surface area contributed by atoms with Crippen LogP contribution in [0.3, 0.4) is 0 Å². The molecule has 1 spiro atoms. The first-order valence-electron chi connectivity index (χ1n) is 21.0. The minimum absolute atomic E-state index is 0.0820. The topological polar surface area (TPSA) is 3.24 Å². The predicted molar refractivity (Wildman–Crippen MR) is 233 cm³/mol. The van der Waals surface area contributed by atoms with E-state index in [-0.39, 0.29) is 10.8 Å². The van der Waals surface area contributed by atoms with Crippen molar-refractivity contribution in [1.29, 1.82) is 0 Å². The Labute approximate surface area is 331 Å². The number of rotatable bonds is 5. The normalized spacial score (nSPS) is 24.1. The Balaban J connectivity index is 1.09. The Morgan fingerprint density at radius 3 is 1.64 bits per heavy atom. The molecular formula is C55H47N. The zero-order chi connectivity index (χ0) is 37.2. The summed E-state index contributed by atoms with van der Waals surface area (Å²) in [7, 11) is 0. The maximum atomic E-state index is 2.58. The van der Waals surface area contributed by atoms with E-state index in [4.69, 9.17) is 0 Å². The quantitative estimate of drug-likeness (QED) is 0.171. The lowest BCUT2D eigenvalue weighted by molar-refractivity contribution is -0.0399. The molecule has 0 amide bonds. The van der Waals surface area contributed by atoms with Gasteiger partial charge in [-0.2, -0.15) is 0 Å². The maximum Gasteiger partial charge on any atom is 0.0543 e. The van der Waals surface area contributed by atoms with Gasteiger partial charge in [0.05, 0.1) is 5.69 Å².